The number of amides is 1. The van der Waals surface area contributed by atoms with Crippen LogP contribution in [-0.4, -0.2) is 49.5 Å². The van der Waals surface area contributed by atoms with Crippen LogP contribution >= 0.6 is 0 Å². The number of hydrogen-bond donors (Lipinski definition) is 1. The summed E-state index contributed by atoms with van der Waals surface area (Å²) >= 11 is 0. The van der Waals surface area contributed by atoms with E-state index in [9.17, 15) is 9.70 Å². The molecule has 1 N–H and O–H groups in total. The smallest absolute Gasteiger partial charge is 0.251 e. The predicted octanol–water partition coefficient (Wildman–Crippen LogP) is 2.76. The van der Waals surface area contributed by atoms with Crippen molar-refractivity contribution in [3.63, 3.8) is 0 Å². The molecule has 0 unspecified atom stereocenters. The van der Waals surface area contributed by atoms with E-state index in [1.165, 1.54) is 11.8 Å². The summed E-state index contributed by atoms with van der Waals surface area (Å²) in [6.07, 6.45) is 7.21. The van der Waals surface area contributed by atoms with Crippen molar-refractivity contribution in [3.05, 3.63) is 76.6 Å². The Labute approximate surface area is 155 Å². The van der Waals surface area contributed by atoms with Crippen molar-refractivity contribution in [3.8, 4) is 0 Å². The van der Waals surface area contributed by atoms with E-state index in [0.29, 0.717) is 17.8 Å². The number of nitrogens with zero attached hydrogens (tertiary/aromatic N) is 3. The summed E-state index contributed by atoms with van der Waals surface area (Å²) in [6.45, 7) is 2.54. The molecule has 1 aromatic rings. The molecule has 1 amide bonds. The average molecular weight is 355 g/mol. The lowest BCUT2D eigenvalue weighted by molar-refractivity contribution is -0.903. The Bertz CT molecular complexity index is 721. The highest BCUT2D eigenvalue weighted by Gasteiger charge is 2.16. The van der Waals surface area contributed by atoms with E-state index in [2.05, 4.69) is 48.9 Å². The van der Waals surface area contributed by atoms with Gasteiger partial charge >= 0.3 is 0 Å². The molecule has 0 atom stereocenters. The van der Waals surface area contributed by atoms with E-state index in [0.717, 1.165) is 24.0 Å². The molecule has 6 heteroatoms. The maximum atomic E-state index is 12.3. The largest absolute Gasteiger partial charge is 0.352 e. The van der Waals surface area contributed by atoms with Gasteiger partial charge in [0, 0.05) is 37.3 Å². The molecule has 0 saturated heterocycles. The van der Waals surface area contributed by atoms with E-state index in [-0.39, 0.29) is 5.91 Å². The minimum Gasteiger partial charge on any atom is -0.352 e. The second-order valence-electron chi connectivity index (χ2n) is 7.10. The van der Waals surface area contributed by atoms with Crippen LogP contribution in [-0.2, 0) is 11.3 Å². The van der Waals surface area contributed by atoms with Crippen molar-refractivity contribution < 1.29 is 9.28 Å². The van der Waals surface area contributed by atoms with E-state index in [1.54, 1.807) is 30.3 Å². The molecule has 1 aliphatic rings. The Kier molecular flexibility index (Phi) is 6.86. The van der Waals surface area contributed by atoms with Crippen LogP contribution in [0.2, 0.25) is 0 Å². The van der Waals surface area contributed by atoms with Gasteiger partial charge < -0.3 is 14.7 Å². The Hall–Kier alpha value is -2.73. The van der Waals surface area contributed by atoms with Gasteiger partial charge in [0.25, 0.3) is 5.91 Å². The molecule has 2 rings (SSSR count). The van der Waals surface area contributed by atoms with Crippen molar-refractivity contribution in [1.82, 2.24) is 10.2 Å². The molecule has 1 heterocycles. The van der Waals surface area contributed by atoms with Crippen LogP contribution in [0.15, 0.2) is 71.3 Å². The molecule has 6 nitrogen and oxygen atoms in total. The lowest BCUT2D eigenvalue weighted by Crippen LogP contribution is -2.41. The zero-order valence-electron chi connectivity index (χ0n) is 15.7. The first-order valence-corrected chi connectivity index (χ1v) is 8.71. The van der Waals surface area contributed by atoms with Crippen molar-refractivity contribution in [1.29, 1.82) is 0 Å². The van der Waals surface area contributed by atoms with Crippen LogP contribution in [0.4, 0.5) is 0 Å². The minimum atomic E-state index is -0.139. The third-order valence-corrected chi connectivity index (χ3v) is 4.31. The van der Waals surface area contributed by atoms with Gasteiger partial charge in [0.2, 0.25) is 0 Å². The molecular weight excluding hydrogens is 328 g/mol. The highest BCUT2D eigenvalue weighted by molar-refractivity contribution is 5.96. The first-order valence-electron chi connectivity index (χ1n) is 8.71. The predicted molar refractivity (Wildman–Crippen MR) is 104 cm³/mol. The minimum absolute atomic E-state index is 0.139. The maximum absolute atomic E-state index is 12.3. The molecule has 0 saturated carbocycles. The van der Waals surface area contributed by atoms with E-state index in [1.807, 2.05) is 6.07 Å². The summed E-state index contributed by atoms with van der Waals surface area (Å²) in [5.41, 5.74) is 2.43. The third-order valence-electron chi connectivity index (χ3n) is 4.31. The molecule has 0 fully saturated rings. The number of nitrogens with one attached hydrogen (secondary N) is 1. The molecule has 0 spiro atoms. The molecule has 0 aliphatic carbocycles. The van der Waals surface area contributed by atoms with Gasteiger partial charge in [-0.15, -0.1) is 4.91 Å². The SMILES string of the molecule is CN1C=CC(C(=O)NCCC[N+](C)(C)Cc2ccccc2)=C/C1=C\N=O. The fourth-order valence-corrected chi connectivity index (χ4v) is 2.88. The number of allylic oxidation sites excluding steroid dienone is 1. The van der Waals surface area contributed by atoms with E-state index < -0.39 is 0 Å². The highest BCUT2D eigenvalue weighted by atomic mass is 16.2. The highest BCUT2D eigenvalue weighted by Crippen LogP contribution is 2.15. The molecule has 0 aromatic heterocycles. The average Bonchev–Trinajstić information content (AvgIpc) is 2.61. The van der Waals surface area contributed by atoms with Crippen LogP contribution in [0.3, 0.4) is 0 Å². The van der Waals surface area contributed by atoms with Gasteiger partial charge in [-0.2, -0.15) is 0 Å². The summed E-state index contributed by atoms with van der Waals surface area (Å²) < 4.78 is 0.866. The zero-order valence-corrected chi connectivity index (χ0v) is 15.7. The Balaban J connectivity index is 1.79. The maximum Gasteiger partial charge on any atom is 0.251 e. The quantitative estimate of drug-likeness (QED) is 0.443. The Morgan fingerprint density at radius 2 is 2.00 bits per heavy atom. The number of carbonyl (C=O) groups excluding carboxylic acids is 1. The van der Waals surface area contributed by atoms with Crippen LogP contribution in [0.25, 0.3) is 0 Å². The molecule has 0 bridgehead atoms. The summed E-state index contributed by atoms with van der Waals surface area (Å²) in [7, 11) is 6.19. The summed E-state index contributed by atoms with van der Waals surface area (Å²) in [4.78, 5) is 24.4. The Morgan fingerprint density at radius 3 is 2.69 bits per heavy atom. The molecule has 138 valence electrons. The molecule has 1 aromatic carbocycles. The van der Waals surface area contributed by atoms with Gasteiger partial charge in [0.1, 0.15) is 6.54 Å². The number of hydrogen-bond acceptors (Lipinski definition) is 4. The molecule has 1 aliphatic heterocycles. The molecule has 26 heavy (non-hydrogen) atoms. The van der Waals surface area contributed by atoms with Crippen molar-refractivity contribution in [2.45, 2.75) is 13.0 Å². The van der Waals surface area contributed by atoms with E-state index in [4.69, 9.17) is 0 Å². The monoisotopic (exact) mass is 355 g/mol. The lowest BCUT2D eigenvalue weighted by atomic mass is 10.1. The Morgan fingerprint density at radius 1 is 1.27 bits per heavy atom. The van der Waals surface area contributed by atoms with Gasteiger partial charge in [-0.1, -0.05) is 30.3 Å². The number of quaternary nitrogens is 1. The lowest BCUT2D eigenvalue weighted by Gasteiger charge is -2.30. The normalized spacial score (nSPS) is 15.7. The molecule has 0 radical (unpaired) electrons. The zero-order chi connectivity index (χ0) is 19.0. The number of likely N-dealkylation sites (N-methyl/N-ethyl adjacent to an activating group) is 1. The summed E-state index contributed by atoms with van der Waals surface area (Å²) in [5, 5.41) is 5.72. The first-order chi connectivity index (χ1) is 12.4. The standard InChI is InChI=1S/C20H26N4O2/c1-23-12-10-18(14-19(23)15-22-26)20(25)21-11-7-13-24(2,3)16-17-8-5-4-6-9-17/h4-6,8-10,12,14-15H,7,11,13,16H2,1-3H3/p+1/b19-15+. The fraction of sp³-hybridized carbons (Fsp3) is 0.350. The second kappa shape index (κ2) is 9.10. The third kappa shape index (κ3) is 5.97. The van der Waals surface area contributed by atoms with Crippen LogP contribution in [0.5, 0.6) is 0 Å². The van der Waals surface area contributed by atoms with Gasteiger partial charge in [-0.05, 0) is 17.3 Å². The van der Waals surface area contributed by atoms with Crippen LogP contribution < -0.4 is 5.32 Å². The number of nitroso groups, excluding NO2 is 1. The van der Waals surface area contributed by atoms with Crippen molar-refractivity contribution in [2.24, 2.45) is 5.18 Å². The van der Waals surface area contributed by atoms with Crippen LogP contribution in [0.1, 0.15) is 12.0 Å². The first kappa shape index (κ1) is 19.6. The molecular formula is C20H27N4O2+. The van der Waals surface area contributed by atoms with Crippen molar-refractivity contribution in [2.75, 3.05) is 34.2 Å². The number of benzene rings is 1. The van der Waals surface area contributed by atoms with E-state index >= 15 is 0 Å². The van der Waals surface area contributed by atoms with Gasteiger partial charge in [-0.25, -0.2) is 0 Å². The van der Waals surface area contributed by atoms with Gasteiger partial charge in [-0.3, -0.25) is 4.79 Å². The van der Waals surface area contributed by atoms with Gasteiger partial charge in [0.05, 0.1) is 32.5 Å². The fourth-order valence-electron chi connectivity index (χ4n) is 2.88. The number of rotatable bonds is 8. The summed E-state index contributed by atoms with van der Waals surface area (Å²) in [5.74, 6) is -0.139. The van der Waals surface area contributed by atoms with Crippen LogP contribution in [0, 0.1) is 4.91 Å². The topological polar surface area (TPSA) is 61.8 Å². The van der Waals surface area contributed by atoms with Crippen molar-refractivity contribution >= 4 is 5.91 Å². The summed E-state index contributed by atoms with van der Waals surface area (Å²) in [6, 6.07) is 10.4. The second-order valence-corrected chi connectivity index (χ2v) is 7.10. The van der Waals surface area contributed by atoms with Gasteiger partial charge in [0.15, 0.2) is 0 Å². The number of carbonyl (C=O) groups is 1.